The molecule has 2 rings (SSSR count). The Hall–Kier alpha value is -1.55. The van der Waals surface area contributed by atoms with Crippen molar-refractivity contribution in [2.24, 2.45) is 0 Å². The molecule has 2 aromatic rings. The molecule has 0 saturated carbocycles. The molecule has 0 amide bonds. The minimum atomic E-state index is 0.720. The van der Waals surface area contributed by atoms with Gasteiger partial charge in [0.05, 0.1) is 11.9 Å². The predicted octanol–water partition coefficient (Wildman–Crippen LogP) is 3.81. The first-order valence-electron chi connectivity index (χ1n) is 5.71. The number of nitrogens with two attached hydrogens (primary N) is 1. The summed E-state index contributed by atoms with van der Waals surface area (Å²) in [6, 6.07) is 8.20. The van der Waals surface area contributed by atoms with Crippen LogP contribution in [0.3, 0.4) is 0 Å². The van der Waals surface area contributed by atoms with Gasteiger partial charge in [-0.3, -0.25) is 0 Å². The van der Waals surface area contributed by atoms with Crippen molar-refractivity contribution in [3.8, 4) is 0 Å². The first-order valence-corrected chi connectivity index (χ1v) is 6.50. The van der Waals surface area contributed by atoms with Crippen molar-refractivity contribution in [3.63, 3.8) is 0 Å². The largest absolute Gasteiger partial charge is 0.397 e. The van der Waals surface area contributed by atoms with Crippen molar-refractivity contribution in [3.05, 3.63) is 46.1 Å². The van der Waals surface area contributed by atoms with Gasteiger partial charge in [0.15, 0.2) is 0 Å². The minimum Gasteiger partial charge on any atom is -0.397 e. The third kappa shape index (κ3) is 2.48. The van der Waals surface area contributed by atoms with E-state index in [9.17, 15) is 0 Å². The van der Waals surface area contributed by atoms with Gasteiger partial charge < -0.3 is 10.6 Å². The molecule has 0 saturated heterocycles. The fourth-order valence-corrected chi connectivity index (χ4v) is 2.15. The molecular formula is C14H16BrN3. The molecule has 1 aromatic heterocycles. The molecule has 2 N–H and O–H groups in total. The van der Waals surface area contributed by atoms with E-state index in [0.717, 1.165) is 27.2 Å². The maximum absolute atomic E-state index is 5.79. The number of rotatable bonds is 2. The number of aryl methyl sites for hydroxylation is 2. The number of anilines is 3. The lowest BCUT2D eigenvalue weighted by atomic mass is 10.2. The molecule has 0 aliphatic carbocycles. The summed E-state index contributed by atoms with van der Waals surface area (Å²) in [5.74, 6) is 0.892. The summed E-state index contributed by atoms with van der Waals surface area (Å²) in [5, 5.41) is 0. The molecule has 1 aromatic carbocycles. The molecule has 0 spiro atoms. The lowest BCUT2D eigenvalue weighted by Gasteiger charge is -2.21. The van der Waals surface area contributed by atoms with E-state index in [1.165, 1.54) is 5.56 Å². The normalized spacial score (nSPS) is 10.4. The van der Waals surface area contributed by atoms with Crippen LogP contribution in [0.15, 0.2) is 34.9 Å². The van der Waals surface area contributed by atoms with Crippen LogP contribution in [0.2, 0.25) is 0 Å². The van der Waals surface area contributed by atoms with Gasteiger partial charge in [0.2, 0.25) is 0 Å². The van der Waals surface area contributed by atoms with Crippen LogP contribution in [0.25, 0.3) is 0 Å². The quantitative estimate of drug-likeness (QED) is 0.917. The summed E-state index contributed by atoms with van der Waals surface area (Å²) in [6.45, 7) is 4.07. The highest BCUT2D eigenvalue weighted by molar-refractivity contribution is 9.10. The Morgan fingerprint density at radius 1 is 1.17 bits per heavy atom. The average molecular weight is 306 g/mol. The highest BCUT2D eigenvalue weighted by Crippen LogP contribution is 2.29. The van der Waals surface area contributed by atoms with E-state index in [0.29, 0.717) is 0 Å². The highest BCUT2D eigenvalue weighted by Gasteiger charge is 2.09. The van der Waals surface area contributed by atoms with E-state index in [2.05, 4.69) is 44.9 Å². The molecule has 94 valence electrons. The average Bonchev–Trinajstić information content (AvgIpc) is 2.35. The summed E-state index contributed by atoms with van der Waals surface area (Å²) in [6.07, 6.45) is 1.70. The third-order valence-electron chi connectivity index (χ3n) is 3.01. The fourth-order valence-electron chi connectivity index (χ4n) is 1.80. The van der Waals surface area contributed by atoms with Gasteiger partial charge in [-0.05, 0) is 43.2 Å². The van der Waals surface area contributed by atoms with Crippen LogP contribution in [0.5, 0.6) is 0 Å². The lowest BCUT2D eigenvalue weighted by molar-refractivity contribution is 1.11. The summed E-state index contributed by atoms with van der Waals surface area (Å²) in [5.41, 5.74) is 9.89. The number of nitrogen functional groups attached to an aromatic ring is 1. The smallest absolute Gasteiger partial charge is 0.133 e. The highest BCUT2D eigenvalue weighted by atomic mass is 79.9. The fraction of sp³-hybridized carbons (Fsp3) is 0.214. The maximum atomic E-state index is 5.79. The van der Waals surface area contributed by atoms with Crippen molar-refractivity contribution in [2.75, 3.05) is 17.7 Å². The molecule has 1 heterocycles. The van der Waals surface area contributed by atoms with Gasteiger partial charge in [0, 0.05) is 17.2 Å². The molecule has 0 radical (unpaired) electrons. The summed E-state index contributed by atoms with van der Waals surface area (Å²) in [7, 11) is 2.01. The topological polar surface area (TPSA) is 42.2 Å². The Morgan fingerprint density at radius 2 is 1.89 bits per heavy atom. The maximum Gasteiger partial charge on any atom is 0.133 e. The first kappa shape index (κ1) is 12.9. The molecule has 18 heavy (non-hydrogen) atoms. The zero-order chi connectivity index (χ0) is 13.3. The Bertz CT molecular complexity index is 581. The number of pyridine rings is 1. The molecule has 0 aliphatic heterocycles. The lowest BCUT2D eigenvalue weighted by Crippen LogP contribution is -2.13. The van der Waals surface area contributed by atoms with Gasteiger partial charge >= 0.3 is 0 Å². The van der Waals surface area contributed by atoms with E-state index in [4.69, 9.17) is 5.73 Å². The minimum absolute atomic E-state index is 0.720. The van der Waals surface area contributed by atoms with Gasteiger partial charge in [-0.2, -0.15) is 0 Å². The van der Waals surface area contributed by atoms with Crippen molar-refractivity contribution in [1.82, 2.24) is 4.98 Å². The van der Waals surface area contributed by atoms with Gasteiger partial charge in [-0.1, -0.05) is 22.0 Å². The van der Waals surface area contributed by atoms with E-state index in [-0.39, 0.29) is 0 Å². The Balaban J connectivity index is 2.44. The van der Waals surface area contributed by atoms with Crippen molar-refractivity contribution < 1.29 is 0 Å². The summed E-state index contributed by atoms with van der Waals surface area (Å²) >= 11 is 3.50. The molecular weight excluding hydrogens is 290 g/mol. The molecule has 4 heteroatoms. The number of nitrogens with zero attached hydrogens (tertiary/aromatic N) is 2. The Kier molecular flexibility index (Phi) is 3.57. The number of hydrogen-bond acceptors (Lipinski definition) is 3. The molecule has 0 fully saturated rings. The van der Waals surface area contributed by atoms with Gasteiger partial charge in [0.1, 0.15) is 5.82 Å². The zero-order valence-corrected chi connectivity index (χ0v) is 12.3. The van der Waals surface area contributed by atoms with Gasteiger partial charge in [-0.15, -0.1) is 0 Å². The number of hydrogen-bond donors (Lipinski definition) is 1. The van der Waals surface area contributed by atoms with Crippen molar-refractivity contribution in [1.29, 1.82) is 0 Å². The molecule has 3 nitrogen and oxygen atoms in total. The Morgan fingerprint density at radius 3 is 2.56 bits per heavy atom. The van der Waals surface area contributed by atoms with Crippen LogP contribution in [0.4, 0.5) is 17.2 Å². The van der Waals surface area contributed by atoms with Crippen molar-refractivity contribution >= 4 is 33.1 Å². The van der Waals surface area contributed by atoms with E-state index in [1.807, 2.05) is 26.1 Å². The molecule has 0 aliphatic rings. The van der Waals surface area contributed by atoms with Gasteiger partial charge in [0.25, 0.3) is 0 Å². The van der Waals surface area contributed by atoms with Gasteiger partial charge in [-0.25, -0.2) is 4.98 Å². The van der Waals surface area contributed by atoms with E-state index in [1.54, 1.807) is 6.20 Å². The van der Waals surface area contributed by atoms with Crippen LogP contribution in [-0.2, 0) is 0 Å². The second kappa shape index (κ2) is 4.98. The van der Waals surface area contributed by atoms with Crippen LogP contribution in [-0.4, -0.2) is 12.0 Å². The Labute approximate surface area is 116 Å². The number of benzene rings is 1. The molecule has 0 bridgehead atoms. The molecule has 0 atom stereocenters. The number of aromatic nitrogens is 1. The van der Waals surface area contributed by atoms with Crippen LogP contribution in [0, 0.1) is 13.8 Å². The van der Waals surface area contributed by atoms with E-state index >= 15 is 0 Å². The van der Waals surface area contributed by atoms with Crippen LogP contribution >= 0.6 is 15.9 Å². The zero-order valence-electron chi connectivity index (χ0n) is 10.7. The number of halogens is 1. The first-order chi connectivity index (χ1) is 8.49. The molecule has 0 unspecified atom stereocenters. The van der Waals surface area contributed by atoms with Crippen LogP contribution in [0.1, 0.15) is 11.1 Å². The monoisotopic (exact) mass is 305 g/mol. The predicted molar refractivity (Wildman–Crippen MR) is 80.3 cm³/mol. The summed E-state index contributed by atoms with van der Waals surface area (Å²) in [4.78, 5) is 6.43. The summed E-state index contributed by atoms with van der Waals surface area (Å²) < 4.78 is 1.06. The second-order valence-corrected chi connectivity index (χ2v) is 5.30. The van der Waals surface area contributed by atoms with Crippen molar-refractivity contribution in [2.45, 2.75) is 13.8 Å². The standard InChI is InChI=1S/C14H16BrN3/c1-9-4-5-11(15)7-13(9)18(3)14-6-10(2)12(16)8-17-14/h4-8H,16H2,1-3H3. The second-order valence-electron chi connectivity index (χ2n) is 4.39. The third-order valence-corrected chi connectivity index (χ3v) is 3.51. The van der Waals surface area contributed by atoms with E-state index < -0.39 is 0 Å². The SMILES string of the molecule is Cc1cc(N(C)c2cc(Br)ccc2C)ncc1N. The van der Waals surface area contributed by atoms with Crippen LogP contribution < -0.4 is 10.6 Å².